The Balaban J connectivity index is 1.58. The number of carbonyl (C=O) groups is 1. The summed E-state index contributed by atoms with van der Waals surface area (Å²) in [7, 11) is 0. The molecular weight excluding hydrogens is 420 g/mol. The lowest BCUT2D eigenvalue weighted by Gasteiger charge is -2.11. The summed E-state index contributed by atoms with van der Waals surface area (Å²) in [6, 6.07) is 13.4. The summed E-state index contributed by atoms with van der Waals surface area (Å²) in [6.45, 7) is 5.69. The number of nitrogens with zero attached hydrogens (tertiary/aromatic N) is 5. The van der Waals surface area contributed by atoms with Crippen molar-refractivity contribution >= 4 is 33.5 Å². The number of aryl methyl sites for hydroxylation is 3. The lowest BCUT2D eigenvalue weighted by atomic mass is 10.1. The number of anilines is 1. The monoisotopic (exact) mass is 442 g/mol. The number of benzene rings is 2. The normalized spacial score (nSPS) is 11.4. The van der Waals surface area contributed by atoms with Gasteiger partial charge in [0.25, 0.3) is 5.56 Å². The first-order valence-electron chi connectivity index (χ1n) is 10.5. The van der Waals surface area contributed by atoms with E-state index in [0.717, 1.165) is 27.7 Å². The predicted molar refractivity (Wildman–Crippen MR) is 124 cm³/mol. The summed E-state index contributed by atoms with van der Waals surface area (Å²) in [5.41, 5.74) is 4.15. The van der Waals surface area contributed by atoms with Crippen molar-refractivity contribution in [3.63, 3.8) is 0 Å². The van der Waals surface area contributed by atoms with E-state index in [-0.39, 0.29) is 24.6 Å². The van der Waals surface area contributed by atoms with Gasteiger partial charge in [0.1, 0.15) is 24.1 Å². The highest BCUT2D eigenvalue weighted by Gasteiger charge is 2.19. The van der Waals surface area contributed by atoms with Crippen molar-refractivity contribution in [2.45, 2.75) is 33.9 Å². The summed E-state index contributed by atoms with van der Waals surface area (Å²) in [6.07, 6.45) is 1.47. The largest absolute Gasteiger partial charge is 0.337 e. The molecule has 0 bridgehead atoms. The van der Waals surface area contributed by atoms with E-state index in [1.807, 2.05) is 56.3 Å². The second kappa shape index (κ2) is 8.01. The fourth-order valence-corrected chi connectivity index (χ4v) is 3.98. The van der Waals surface area contributed by atoms with Gasteiger partial charge in [0, 0.05) is 11.1 Å². The second-order valence-corrected chi connectivity index (χ2v) is 8.08. The summed E-state index contributed by atoms with van der Waals surface area (Å²) in [5.74, 6) is 0.573. The lowest BCUT2D eigenvalue weighted by Crippen LogP contribution is -2.25. The van der Waals surface area contributed by atoms with Crippen LogP contribution in [0.5, 0.6) is 0 Å². The Morgan fingerprint density at radius 2 is 1.94 bits per heavy atom. The Labute approximate surface area is 188 Å². The van der Waals surface area contributed by atoms with E-state index >= 15 is 0 Å². The number of hydrogen-bond acceptors (Lipinski definition) is 6. The standard InChI is InChI=1S/C24H22N6O3/c1-14-8-9-15(2)18(10-14)27-20(31)11-30-19-7-5-4-6-17(19)22-23(30)24(32)29(13-25-22)12-21-26-16(3)28-33-21/h4-10,13H,11-12H2,1-3H3,(H,27,31). The van der Waals surface area contributed by atoms with E-state index in [0.29, 0.717) is 22.7 Å². The molecule has 0 aliphatic heterocycles. The SMILES string of the molecule is Cc1ccc(C)c(NC(=O)Cn2c3ccccc3c3ncn(Cc4nc(C)no4)c(=O)c32)c1. The molecule has 9 heteroatoms. The molecule has 0 saturated heterocycles. The van der Waals surface area contributed by atoms with Gasteiger partial charge < -0.3 is 14.4 Å². The molecule has 0 saturated carbocycles. The molecule has 0 atom stereocenters. The van der Waals surface area contributed by atoms with E-state index in [4.69, 9.17) is 4.52 Å². The van der Waals surface area contributed by atoms with Gasteiger partial charge in [-0.15, -0.1) is 0 Å². The van der Waals surface area contributed by atoms with E-state index in [1.54, 1.807) is 11.5 Å². The minimum Gasteiger partial charge on any atom is -0.337 e. The predicted octanol–water partition coefficient (Wildman–Crippen LogP) is 3.35. The van der Waals surface area contributed by atoms with Crippen LogP contribution in [0.3, 0.4) is 0 Å². The number of rotatable bonds is 5. The molecule has 0 aliphatic carbocycles. The van der Waals surface area contributed by atoms with Crippen LogP contribution in [0.25, 0.3) is 21.9 Å². The van der Waals surface area contributed by atoms with Gasteiger partial charge >= 0.3 is 0 Å². The summed E-state index contributed by atoms with van der Waals surface area (Å²) >= 11 is 0. The first-order chi connectivity index (χ1) is 15.9. The Kier molecular flexibility index (Phi) is 5.01. The molecule has 33 heavy (non-hydrogen) atoms. The van der Waals surface area contributed by atoms with Crippen LogP contribution in [-0.2, 0) is 17.9 Å². The first-order valence-corrected chi connectivity index (χ1v) is 10.5. The molecule has 1 N–H and O–H groups in total. The van der Waals surface area contributed by atoms with E-state index in [9.17, 15) is 9.59 Å². The molecule has 0 spiro atoms. The average Bonchev–Trinajstić information content (AvgIpc) is 3.34. The second-order valence-electron chi connectivity index (χ2n) is 8.08. The fourth-order valence-electron chi connectivity index (χ4n) is 3.98. The van der Waals surface area contributed by atoms with Gasteiger partial charge in [-0.05, 0) is 44.0 Å². The van der Waals surface area contributed by atoms with Crippen molar-refractivity contribution in [1.82, 2.24) is 24.3 Å². The van der Waals surface area contributed by atoms with E-state index in [2.05, 4.69) is 20.4 Å². The van der Waals surface area contributed by atoms with Crippen LogP contribution in [-0.4, -0.2) is 30.2 Å². The van der Waals surface area contributed by atoms with E-state index < -0.39 is 0 Å². The smallest absolute Gasteiger partial charge is 0.278 e. The molecule has 0 radical (unpaired) electrons. The van der Waals surface area contributed by atoms with Gasteiger partial charge in [0.05, 0.1) is 11.8 Å². The van der Waals surface area contributed by atoms with Crippen molar-refractivity contribution in [3.8, 4) is 0 Å². The molecule has 2 aromatic carbocycles. The molecule has 0 aliphatic rings. The highest BCUT2D eigenvalue weighted by Crippen LogP contribution is 2.25. The molecule has 3 heterocycles. The molecule has 9 nitrogen and oxygen atoms in total. The van der Waals surface area contributed by atoms with Crippen molar-refractivity contribution in [1.29, 1.82) is 0 Å². The third-order valence-corrected chi connectivity index (χ3v) is 5.58. The topological polar surface area (TPSA) is 108 Å². The molecule has 5 aromatic rings. The Morgan fingerprint density at radius 1 is 1.12 bits per heavy atom. The van der Waals surface area contributed by atoms with Crippen LogP contribution in [0, 0.1) is 20.8 Å². The molecule has 0 fully saturated rings. The molecule has 3 aromatic heterocycles. The Hall–Kier alpha value is -4.27. The highest BCUT2D eigenvalue weighted by atomic mass is 16.5. The zero-order valence-corrected chi connectivity index (χ0v) is 18.5. The van der Waals surface area contributed by atoms with Gasteiger partial charge in [-0.3, -0.25) is 14.2 Å². The number of amides is 1. The maximum atomic E-state index is 13.4. The number of hydrogen-bond donors (Lipinski definition) is 1. The Morgan fingerprint density at radius 3 is 2.73 bits per heavy atom. The van der Waals surface area contributed by atoms with Crippen molar-refractivity contribution in [2.24, 2.45) is 0 Å². The van der Waals surface area contributed by atoms with Crippen LogP contribution in [0.1, 0.15) is 22.8 Å². The van der Waals surface area contributed by atoms with Gasteiger partial charge in [-0.2, -0.15) is 4.98 Å². The van der Waals surface area contributed by atoms with Crippen LogP contribution in [0.4, 0.5) is 5.69 Å². The molecule has 166 valence electrons. The van der Waals surface area contributed by atoms with Gasteiger partial charge in [-0.25, -0.2) is 4.98 Å². The average molecular weight is 442 g/mol. The number of carbonyl (C=O) groups excluding carboxylic acids is 1. The van der Waals surface area contributed by atoms with Crippen molar-refractivity contribution in [2.75, 3.05) is 5.32 Å². The number of para-hydroxylation sites is 1. The lowest BCUT2D eigenvalue weighted by molar-refractivity contribution is -0.116. The molecular formula is C24H22N6O3. The first kappa shape index (κ1) is 20.6. The van der Waals surface area contributed by atoms with Crippen LogP contribution < -0.4 is 10.9 Å². The van der Waals surface area contributed by atoms with Gasteiger partial charge in [0.2, 0.25) is 11.8 Å². The fraction of sp³-hybridized carbons (Fsp3) is 0.208. The van der Waals surface area contributed by atoms with Crippen molar-refractivity contribution < 1.29 is 9.32 Å². The molecule has 0 unspecified atom stereocenters. The molecule has 5 rings (SSSR count). The number of aromatic nitrogens is 5. The highest BCUT2D eigenvalue weighted by molar-refractivity contribution is 6.06. The maximum Gasteiger partial charge on any atom is 0.278 e. The van der Waals surface area contributed by atoms with Gasteiger partial charge in [-0.1, -0.05) is 35.5 Å². The maximum absolute atomic E-state index is 13.4. The number of nitrogens with one attached hydrogen (secondary N) is 1. The minimum atomic E-state index is -0.286. The zero-order valence-electron chi connectivity index (χ0n) is 18.5. The van der Waals surface area contributed by atoms with E-state index in [1.165, 1.54) is 10.9 Å². The van der Waals surface area contributed by atoms with Crippen molar-refractivity contribution in [3.05, 3.63) is 82.0 Å². The van der Waals surface area contributed by atoms with Crippen LogP contribution in [0.2, 0.25) is 0 Å². The summed E-state index contributed by atoms with van der Waals surface area (Å²) < 4.78 is 8.28. The summed E-state index contributed by atoms with van der Waals surface area (Å²) in [4.78, 5) is 35.2. The van der Waals surface area contributed by atoms with Gasteiger partial charge in [0.15, 0.2) is 5.82 Å². The van der Waals surface area contributed by atoms with Crippen LogP contribution >= 0.6 is 0 Å². The minimum absolute atomic E-state index is 0.0298. The van der Waals surface area contributed by atoms with Crippen LogP contribution in [0.15, 0.2) is 58.1 Å². The number of fused-ring (bicyclic) bond motifs is 3. The quantitative estimate of drug-likeness (QED) is 0.447. The third-order valence-electron chi connectivity index (χ3n) is 5.58. The third kappa shape index (κ3) is 3.78. The molecule has 1 amide bonds. The Bertz CT molecular complexity index is 1580. The zero-order chi connectivity index (χ0) is 23.1. The summed E-state index contributed by atoms with van der Waals surface area (Å²) in [5, 5.41) is 7.55.